The summed E-state index contributed by atoms with van der Waals surface area (Å²) in [6, 6.07) is 4.52. The molecule has 3 amide bonds. The Morgan fingerprint density at radius 3 is 2.76 bits per heavy atom. The third-order valence-corrected chi connectivity index (χ3v) is 3.82. The summed E-state index contributed by atoms with van der Waals surface area (Å²) in [5, 5.41) is 7.10. The smallest absolute Gasteiger partial charge is 0.275 e. The molecule has 2 heterocycles. The van der Waals surface area contributed by atoms with E-state index < -0.39 is 17.7 Å². The van der Waals surface area contributed by atoms with Crippen LogP contribution >= 0.6 is 11.3 Å². The van der Waals surface area contributed by atoms with Crippen LogP contribution in [0, 0.1) is 0 Å². The highest BCUT2D eigenvalue weighted by Gasteiger charge is 2.26. The quantitative estimate of drug-likeness (QED) is 0.723. The first-order valence-corrected chi connectivity index (χ1v) is 6.92. The first kappa shape index (κ1) is 13.4. The summed E-state index contributed by atoms with van der Waals surface area (Å²) in [5.41, 5.74) is 6.68. The number of nitrogens with one attached hydrogen (secondary N) is 2. The molecule has 0 fully saturated rings. The number of nitrogens with two attached hydrogens (primary N) is 1. The molecule has 1 aromatic heterocycles. The first-order valence-electron chi connectivity index (χ1n) is 6.04. The largest absolute Gasteiger partial charge is 0.325 e. The summed E-state index contributed by atoms with van der Waals surface area (Å²) in [6.07, 6.45) is 0. The average molecular weight is 302 g/mol. The third-order valence-electron chi connectivity index (χ3n) is 2.95. The molecule has 1 aromatic carbocycles. The number of aromatic nitrogens is 1. The molecule has 0 aliphatic carbocycles. The van der Waals surface area contributed by atoms with Crippen LogP contribution in [-0.4, -0.2) is 22.7 Å². The van der Waals surface area contributed by atoms with Gasteiger partial charge in [-0.05, 0) is 18.2 Å². The number of amides is 3. The molecule has 4 N–H and O–H groups in total. The fourth-order valence-corrected chi connectivity index (χ4v) is 2.60. The number of fused-ring (bicyclic) bond motifs is 1. The van der Waals surface area contributed by atoms with Gasteiger partial charge in [0.25, 0.3) is 17.7 Å². The second kappa shape index (κ2) is 5.08. The molecule has 0 radical (unpaired) electrons. The zero-order chi connectivity index (χ0) is 15.0. The van der Waals surface area contributed by atoms with Crippen LogP contribution in [0.4, 0.5) is 5.69 Å². The number of nitrogens with zero attached hydrogens (tertiary/aromatic N) is 1. The van der Waals surface area contributed by atoms with Crippen LogP contribution in [0.25, 0.3) is 0 Å². The lowest BCUT2D eigenvalue weighted by molar-refractivity contribution is 0.0878. The third kappa shape index (κ3) is 2.41. The van der Waals surface area contributed by atoms with Gasteiger partial charge in [0.05, 0.1) is 11.1 Å². The molecule has 0 saturated heterocycles. The van der Waals surface area contributed by atoms with Gasteiger partial charge in [0.1, 0.15) is 10.7 Å². The number of hydrogen-bond acceptors (Lipinski definition) is 6. The van der Waals surface area contributed by atoms with Crippen molar-refractivity contribution in [3.63, 3.8) is 0 Å². The molecule has 106 valence electrons. The van der Waals surface area contributed by atoms with Crippen molar-refractivity contribution < 1.29 is 14.4 Å². The van der Waals surface area contributed by atoms with Crippen molar-refractivity contribution in [1.29, 1.82) is 0 Å². The monoisotopic (exact) mass is 302 g/mol. The number of hydrogen-bond donors (Lipinski definition) is 3. The summed E-state index contributed by atoms with van der Waals surface area (Å²) >= 11 is 1.30. The van der Waals surface area contributed by atoms with Crippen molar-refractivity contribution in [2.45, 2.75) is 6.54 Å². The second-order valence-electron chi connectivity index (χ2n) is 4.33. The van der Waals surface area contributed by atoms with Crippen molar-refractivity contribution in [1.82, 2.24) is 10.3 Å². The maximum absolute atomic E-state index is 12.0. The van der Waals surface area contributed by atoms with Crippen LogP contribution in [0.2, 0.25) is 0 Å². The average Bonchev–Trinajstić information content (AvgIpc) is 3.05. The molecule has 0 atom stereocenters. The Labute approximate surface area is 123 Å². The minimum atomic E-state index is -0.467. The molecule has 3 rings (SSSR count). The molecule has 2 aromatic rings. The summed E-state index contributed by atoms with van der Waals surface area (Å²) in [6.45, 7) is 0.277. The van der Waals surface area contributed by atoms with Gasteiger partial charge >= 0.3 is 0 Å². The van der Waals surface area contributed by atoms with Gasteiger partial charge in [-0.3, -0.25) is 19.7 Å². The Morgan fingerprint density at radius 2 is 2.05 bits per heavy atom. The van der Waals surface area contributed by atoms with Crippen molar-refractivity contribution in [2.24, 2.45) is 5.73 Å². The normalized spacial score (nSPS) is 13.0. The van der Waals surface area contributed by atoms with Crippen molar-refractivity contribution in [3.8, 4) is 0 Å². The maximum Gasteiger partial charge on any atom is 0.275 e. The van der Waals surface area contributed by atoms with E-state index in [2.05, 4.69) is 15.6 Å². The first-order chi connectivity index (χ1) is 10.1. The molecule has 0 saturated carbocycles. The van der Waals surface area contributed by atoms with Gasteiger partial charge in [0, 0.05) is 17.6 Å². The van der Waals surface area contributed by atoms with E-state index in [1.807, 2.05) is 0 Å². The van der Waals surface area contributed by atoms with Gasteiger partial charge in [-0.2, -0.15) is 0 Å². The van der Waals surface area contributed by atoms with E-state index in [0.717, 1.165) is 0 Å². The standard InChI is InChI=1S/C13H10N4O3S/c14-4-10-16-9(5-21-10)13(20)15-6-1-2-7-8(3-6)12(19)17-11(7)18/h1-3,5H,4,14H2,(H,15,20)(H,17,18,19). The minimum Gasteiger partial charge on any atom is -0.325 e. The van der Waals surface area contributed by atoms with Crippen molar-refractivity contribution in [3.05, 3.63) is 45.4 Å². The van der Waals surface area contributed by atoms with Gasteiger partial charge in [0.2, 0.25) is 0 Å². The molecule has 21 heavy (non-hydrogen) atoms. The van der Waals surface area contributed by atoms with E-state index in [-0.39, 0.29) is 17.8 Å². The Bertz CT molecular complexity index is 769. The van der Waals surface area contributed by atoms with Crippen molar-refractivity contribution in [2.75, 3.05) is 5.32 Å². The number of rotatable bonds is 3. The Kier molecular flexibility index (Phi) is 3.24. The van der Waals surface area contributed by atoms with E-state index in [9.17, 15) is 14.4 Å². The van der Waals surface area contributed by atoms with E-state index in [1.54, 1.807) is 11.4 Å². The molecule has 8 heteroatoms. The number of anilines is 1. The van der Waals surface area contributed by atoms with Crippen LogP contribution in [0.1, 0.15) is 36.2 Å². The molecule has 7 nitrogen and oxygen atoms in total. The number of thiazole rings is 1. The van der Waals surface area contributed by atoms with Gasteiger partial charge in [0.15, 0.2) is 0 Å². The number of imide groups is 1. The summed E-state index contributed by atoms with van der Waals surface area (Å²) in [4.78, 5) is 39.1. The highest BCUT2D eigenvalue weighted by molar-refractivity contribution is 7.09. The number of carbonyl (C=O) groups is 3. The predicted molar refractivity (Wildman–Crippen MR) is 76.2 cm³/mol. The second-order valence-corrected chi connectivity index (χ2v) is 5.27. The fourth-order valence-electron chi connectivity index (χ4n) is 1.95. The summed E-state index contributed by atoms with van der Waals surface area (Å²) in [5.74, 6) is -1.29. The Morgan fingerprint density at radius 1 is 1.29 bits per heavy atom. The van der Waals surface area contributed by atoms with Crippen LogP contribution < -0.4 is 16.4 Å². The minimum absolute atomic E-state index is 0.249. The lowest BCUT2D eigenvalue weighted by Gasteiger charge is -2.04. The van der Waals surface area contributed by atoms with E-state index >= 15 is 0 Å². The molecule has 0 bridgehead atoms. The van der Waals surface area contributed by atoms with Gasteiger partial charge < -0.3 is 11.1 Å². The fraction of sp³-hybridized carbons (Fsp3) is 0.0769. The summed E-state index contributed by atoms with van der Waals surface area (Å²) in [7, 11) is 0. The molecule has 0 unspecified atom stereocenters. The number of carbonyl (C=O) groups excluding carboxylic acids is 3. The van der Waals surface area contributed by atoms with Gasteiger partial charge in [-0.1, -0.05) is 0 Å². The maximum atomic E-state index is 12.0. The van der Waals surface area contributed by atoms with Gasteiger partial charge in [-0.25, -0.2) is 4.98 Å². The zero-order valence-corrected chi connectivity index (χ0v) is 11.5. The zero-order valence-electron chi connectivity index (χ0n) is 10.7. The molecule has 1 aliphatic heterocycles. The summed E-state index contributed by atoms with van der Waals surface area (Å²) < 4.78 is 0. The Hall–Kier alpha value is -2.58. The van der Waals surface area contributed by atoms with Crippen LogP contribution in [0.5, 0.6) is 0 Å². The lowest BCUT2D eigenvalue weighted by atomic mass is 10.1. The van der Waals surface area contributed by atoms with E-state index in [0.29, 0.717) is 16.3 Å². The Balaban J connectivity index is 1.82. The predicted octanol–water partition coefficient (Wildman–Crippen LogP) is 0.738. The lowest BCUT2D eigenvalue weighted by Crippen LogP contribution is -2.19. The molecular formula is C13H10N4O3S. The molecule has 1 aliphatic rings. The topological polar surface area (TPSA) is 114 Å². The molecule has 0 spiro atoms. The highest BCUT2D eigenvalue weighted by atomic mass is 32.1. The van der Waals surface area contributed by atoms with Crippen LogP contribution in [0.3, 0.4) is 0 Å². The van der Waals surface area contributed by atoms with E-state index in [1.165, 1.54) is 23.5 Å². The van der Waals surface area contributed by atoms with Gasteiger partial charge in [-0.15, -0.1) is 11.3 Å². The number of benzene rings is 1. The van der Waals surface area contributed by atoms with Crippen LogP contribution in [0.15, 0.2) is 23.6 Å². The molecular weight excluding hydrogens is 292 g/mol. The van der Waals surface area contributed by atoms with E-state index in [4.69, 9.17) is 5.73 Å². The van der Waals surface area contributed by atoms with Crippen LogP contribution in [-0.2, 0) is 6.54 Å². The van der Waals surface area contributed by atoms with Crippen molar-refractivity contribution >= 4 is 34.7 Å². The SMILES string of the molecule is NCc1nc(C(=O)Nc2ccc3c(c2)C(=O)NC3=O)cs1. The highest BCUT2D eigenvalue weighted by Crippen LogP contribution is 2.21.